The molecule has 27 heavy (non-hydrogen) atoms. The summed E-state index contributed by atoms with van der Waals surface area (Å²) in [5.41, 5.74) is 4.20. The highest BCUT2D eigenvalue weighted by molar-refractivity contribution is 5.95. The second-order valence-corrected chi connectivity index (χ2v) is 7.41. The molecule has 2 aliphatic heterocycles. The second kappa shape index (κ2) is 6.74. The molecule has 0 atom stereocenters. The van der Waals surface area contributed by atoms with Gasteiger partial charge in [-0.15, -0.1) is 5.10 Å². The Kier molecular flexibility index (Phi) is 4.09. The minimum atomic E-state index is 0.0722. The number of tetrazole rings is 1. The number of piperidine rings is 1. The zero-order valence-corrected chi connectivity index (χ0v) is 15.2. The number of nitrogens with zero attached hydrogens (tertiary/aromatic N) is 6. The van der Waals surface area contributed by atoms with E-state index < -0.39 is 0 Å². The van der Waals surface area contributed by atoms with Gasteiger partial charge in [0.25, 0.3) is 5.91 Å². The molecule has 7 nitrogen and oxygen atoms in total. The summed E-state index contributed by atoms with van der Waals surface area (Å²) in [5.74, 6) is 0.0722. The molecule has 0 saturated carbocycles. The van der Waals surface area contributed by atoms with Gasteiger partial charge in [-0.05, 0) is 52.9 Å². The topological polar surface area (TPSA) is 66.6 Å². The zero-order chi connectivity index (χ0) is 18.2. The van der Waals surface area contributed by atoms with Crippen LogP contribution in [0.4, 0.5) is 0 Å². The number of amides is 1. The predicted molar refractivity (Wildman–Crippen MR) is 100 cm³/mol. The van der Waals surface area contributed by atoms with Gasteiger partial charge in [-0.3, -0.25) is 9.69 Å². The van der Waals surface area contributed by atoms with Crippen molar-refractivity contribution in [2.45, 2.75) is 31.8 Å². The molecule has 0 N–H and O–H groups in total. The largest absolute Gasteiger partial charge is 0.339 e. The SMILES string of the molecule is O=C(c1ccn2nnnc2c1)N1CCC(N2CCc3ccccc3C2)CC1. The van der Waals surface area contributed by atoms with Gasteiger partial charge in [0.15, 0.2) is 5.65 Å². The van der Waals surface area contributed by atoms with Gasteiger partial charge in [-0.2, -0.15) is 0 Å². The molecule has 0 aliphatic carbocycles. The van der Waals surface area contributed by atoms with Gasteiger partial charge in [-0.25, -0.2) is 4.52 Å². The number of rotatable bonds is 2. The molecule has 1 aromatic carbocycles. The Morgan fingerprint density at radius 1 is 1.04 bits per heavy atom. The summed E-state index contributed by atoms with van der Waals surface area (Å²) in [4.78, 5) is 17.4. The quantitative estimate of drug-likeness (QED) is 0.695. The van der Waals surface area contributed by atoms with Crippen LogP contribution in [0.2, 0.25) is 0 Å². The van der Waals surface area contributed by atoms with E-state index in [0.717, 1.165) is 45.4 Å². The van der Waals surface area contributed by atoms with Gasteiger partial charge in [-0.1, -0.05) is 24.3 Å². The molecule has 3 aromatic rings. The van der Waals surface area contributed by atoms with Crippen molar-refractivity contribution in [1.29, 1.82) is 0 Å². The third-order valence-corrected chi connectivity index (χ3v) is 5.87. The van der Waals surface area contributed by atoms with Gasteiger partial charge in [0.2, 0.25) is 0 Å². The minimum Gasteiger partial charge on any atom is -0.339 e. The van der Waals surface area contributed by atoms with Gasteiger partial charge in [0, 0.05) is 44.0 Å². The molecule has 7 heteroatoms. The Balaban J connectivity index is 1.23. The fraction of sp³-hybridized carbons (Fsp3) is 0.400. The average molecular weight is 362 g/mol. The van der Waals surface area contributed by atoms with Gasteiger partial charge in [0.05, 0.1) is 0 Å². The normalized spacial score (nSPS) is 18.6. The van der Waals surface area contributed by atoms with Crippen molar-refractivity contribution in [3.63, 3.8) is 0 Å². The van der Waals surface area contributed by atoms with E-state index in [4.69, 9.17) is 0 Å². The number of likely N-dealkylation sites (tertiary alicyclic amines) is 1. The molecule has 1 amide bonds. The first kappa shape index (κ1) is 16.4. The molecule has 1 fully saturated rings. The smallest absolute Gasteiger partial charge is 0.254 e. The number of carbonyl (C=O) groups excluding carboxylic acids is 1. The average Bonchev–Trinajstić information content (AvgIpc) is 3.21. The van der Waals surface area contributed by atoms with Crippen LogP contribution in [0.15, 0.2) is 42.6 Å². The molecule has 0 radical (unpaired) electrons. The second-order valence-electron chi connectivity index (χ2n) is 7.41. The molecule has 138 valence electrons. The molecule has 2 aliphatic rings. The molecule has 4 heterocycles. The first-order valence-corrected chi connectivity index (χ1v) is 9.56. The Bertz CT molecular complexity index is 975. The predicted octanol–water partition coefficient (Wildman–Crippen LogP) is 1.79. The van der Waals surface area contributed by atoms with E-state index in [2.05, 4.69) is 44.7 Å². The van der Waals surface area contributed by atoms with Crippen LogP contribution in [0.25, 0.3) is 5.65 Å². The molecule has 0 unspecified atom stereocenters. The summed E-state index contributed by atoms with van der Waals surface area (Å²) in [5, 5.41) is 11.4. The van der Waals surface area contributed by atoms with Crippen LogP contribution in [0.3, 0.4) is 0 Å². The van der Waals surface area contributed by atoms with E-state index in [0.29, 0.717) is 17.3 Å². The zero-order valence-electron chi connectivity index (χ0n) is 15.2. The monoisotopic (exact) mass is 362 g/mol. The first-order chi connectivity index (χ1) is 13.3. The van der Waals surface area contributed by atoms with Crippen molar-refractivity contribution in [3.8, 4) is 0 Å². The Hall–Kier alpha value is -2.80. The number of hydrogen-bond acceptors (Lipinski definition) is 5. The van der Waals surface area contributed by atoms with E-state index in [1.54, 1.807) is 22.8 Å². The van der Waals surface area contributed by atoms with Crippen molar-refractivity contribution in [2.75, 3.05) is 19.6 Å². The lowest BCUT2D eigenvalue weighted by molar-refractivity contribution is 0.0599. The van der Waals surface area contributed by atoms with Crippen molar-refractivity contribution >= 4 is 11.6 Å². The Morgan fingerprint density at radius 2 is 1.85 bits per heavy atom. The van der Waals surface area contributed by atoms with Crippen LogP contribution in [0.1, 0.15) is 34.3 Å². The highest BCUT2D eigenvalue weighted by atomic mass is 16.2. The van der Waals surface area contributed by atoms with Crippen LogP contribution >= 0.6 is 0 Å². The van der Waals surface area contributed by atoms with Crippen molar-refractivity contribution in [3.05, 3.63) is 59.3 Å². The number of carbonyl (C=O) groups is 1. The standard InChI is InChI=1S/C20H22N6O/c27-20(16-6-12-26-19(13-16)21-22-23-26)24-10-7-18(8-11-24)25-9-5-15-3-1-2-4-17(15)14-25/h1-4,6,12-13,18H,5,7-11,14H2. The third-order valence-electron chi connectivity index (χ3n) is 5.87. The van der Waals surface area contributed by atoms with Crippen LogP contribution in [-0.2, 0) is 13.0 Å². The maximum atomic E-state index is 12.8. The first-order valence-electron chi connectivity index (χ1n) is 9.56. The fourth-order valence-corrected chi connectivity index (χ4v) is 4.32. The van der Waals surface area contributed by atoms with Gasteiger partial charge >= 0.3 is 0 Å². The van der Waals surface area contributed by atoms with E-state index in [9.17, 15) is 4.79 Å². The van der Waals surface area contributed by atoms with E-state index in [-0.39, 0.29) is 5.91 Å². The lowest BCUT2D eigenvalue weighted by Crippen LogP contribution is -2.48. The summed E-state index contributed by atoms with van der Waals surface area (Å²) < 4.78 is 1.57. The third kappa shape index (κ3) is 3.08. The summed E-state index contributed by atoms with van der Waals surface area (Å²) >= 11 is 0. The molecule has 2 aromatic heterocycles. The molecule has 0 bridgehead atoms. The lowest BCUT2D eigenvalue weighted by Gasteiger charge is -2.40. The number of fused-ring (bicyclic) bond motifs is 2. The summed E-state index contributed by atoms with van der Waals surface area (Å²) in [6.07, 6.45) is 4.92. The molecule has 5 rings (SSSR count). The Labute approximate surface area is 157 Å². The van der Waals surface area contributed by atoms with Gasteiger partial charge < -0.3 is 4.90 Å². The van der Waals surface area contributed by atoms with Crippen molar-refractivity contribution in [2.24, 2.45) is 0 Å². The summed E-state index contributed by atoms with van der Waals surface area (Å²) in [6.45, 7) is 3.76. The molecular weight excluding hydrogens is 340 g/mol. The van der Waals surface area contributed by atoms with Gasteiger partial charge in [0.1, 0.15) is 0 Å². The van der Waals surface area contributed by atoms with E-state index in [1.807, 2.05) is 4.90 Å². The maximum Gasteiger partial charge on any atom is 0.254 e. The highest BCUT2D eigenvalue weighted by Crippen LogP contribution is 2.25. The molecular formula is C20H22N6O. The van der Waals surface area contributed by atoms with Crippen LogP contribution in [0, 0.1) is 0 Å². The number of pyridine rings is 1. The number of benzene rings is 1. The van der Waals surface area contributed by atoms with Crippen LogP contribution < -0.4 is 0 Å². The minimum absolute atomic E-state index is 0.0722. The van der Waals surface area contributed by atoms with Crippen LogP contribution in [-0.4, -0.2) is 61.4 Å². The highest BCUT2D eigenvalue weighted by Gasteiger charge is 2.29. The van der Waals surface area contributed by atoms with Crippen molar-refractivity contribution in [1.82, 2.24) is 29.8 Å². The van der Waals surface area contributed by atoms with E-state index in [1.165, 1.54) is 11.1 Å². The lowest BCUT2D eigenvalue weighted by atomic mass is 9.95. The molecule has 0 spiro atoms. The summed E-state index contributed by atoms with van der Waals surface area (Å²) in [6, 6.07) is 12.9. The molecule has 1 saturated heterocycles. The summed E-state index contributed by atoms with van der Waals surface area (Å²) in [7, 11) is 0. The van der Waals surface area contributed by atoms with Crippen molar-refractivity contribution < 1.29 is 4.79 Å². The Morgan fingerprint density at radius 3 is 2.70 bits per heavy atom. The van der Waals surface area contributed by atoms with E-state index >= 15 is 0 Å². The number of aromatic nitrogens is 4. The number of hydrogen-bond donors (Lipinski definition) is 0. The fourth-order valence-electron chi connectivity index (χ4n) is 4.32. The maximum absolute atomic E-state index is 12.8. The van der Waals surface area contributed by atoms with Crippen LogP contribution in [0.5, 0.6) is 0 Å².